The number of allylic oxidation sites excluding steroid dienone is 2. The zero-order valence-electron chi connectivity index (χ0n) is 7.39. The van der Waals surface area contributed by atoms with Crippen LogP contribution in [0.15, 0.2) is 57.5 Å². The molecule has 0 saturated carbocycles. The highest BCUT2D eigenvalue weighted by Gasteiger charge is 1.97. The lowest BCUT2D eigenvalue weighted by Gasteiger charge is -1.94. The summed E-state index contributed by atoms with van der Waals surface area (Å²) < 4.78 is 1.86. The Morgan fingerprint density at radius 3 is 2.57 bits per heavy atom. The van der Waals surface area contributed by atoms with E-state index in [0.29, 0.717) is 0 Å². The molecule has 0 saturated heterocycles. The van der Waals surface area contributed by atoms with Gasteiger partial charge in [0.05, 0.1) is 0 Å². The average molecular weight is 316 g/mol. The van der Waals surface area contributed by atoms with Crippen molar-refractivity contribution in [2.24, 2.45) is 0 Å². The van der Waals surface area contributed by atoms with E-state index in [2.05, 4.69) is 22.6 Å². The Balaban J connectivity index is 2.50. The standard InChI is InChI=1S/C11H9IOS/c12-9-5-4-8-11(13)14-10-6-2-1-3-7-10/h1-9H/b8-4+,9-5+. The average Bonchev–Trinajstić information content (AvgIpc) is 2.20. The van der Waals surface area contributed by atoms with Crippen LogP contribution in [0.25, 0.3) is 0 Å². The molecule has 0 aromatic heterocycles. The molecule has 0 unspecified atom stereocenters. The van der Waals surface area contributed by atoms with Gasteiger partial charge in [-0.15, -0.1) is 0 Å². The summed E-state index contributed by atoms with van der Waals surface area (Å²) in [7, 11) is 0. The topological polar surface area (TPSA) is 17.1 Å². The molecule has 1 aromatic rings. The molecule has 0 fully saturated rings. The maximum Gasteiger partial charge on any atom is 0.216 e. The molecular weight excluding hydrogens is 307 g/mol. The summed E-state index contributed by atoms with van der Waals surface area (Å²) in [6, 6.07) is 9.62. The molecule has 0 heterocycles. The quantitative estimate of drug-likeness (QED) is 0.365. The molecule has 0 radical (unpaired) electrons. The summed E-state index contributed by atoms with van der Waals surface area (Å²) >= 11 is 3.34. The molecule has 0 aliphatic carbocycles. The lowest BCUT2D eigenvalue weighted by atomic mass is 10.4. The zero-order chi connectivity index (χ0) is 10.2. The van der Waals surface area contributed by atoms with Crippen molar-refractivity contribution in [3.05, 3.63) is 52.6 Å². The second-order valence-corrected chi connectivity index (χ2v) is 4.21. The summed E-state index contributed by atoms with van der Waals surface area (Å²) in [6.07, 6.45) is 5.13. The Hall–Kier alpha value is -0.550. The van der Waals surface area contributed by atoms with Crippen LogP contribution in [0.4, 0.5) is 0 Å². The van der Waals surface area contributed by atoms with Gasteiger partial charge in [-0.25, -0.2) is 0 Å². The Labute approximate surface area is 101 Å². The van der Waals surface area contributed by atoms with Crippen LogP contribution in [0.5, 0.6) is 0 Å². The number of carbonyl (C=O) groups excluding carboxylic acids is 1. The first-order chi connectivity index (χ1) is 6.83. The third kappa shape index (κ3) is 4.62. The first-order valence-electron chi connectivity index (χ1n) is 4.03. The fraction of sp³-hybridized carbons (Fsp3) is 0. The van der Waals surface area contributed by atoms with Crippen LogP contribution >= 0.6 is 34.4 Å². The van der Waals surface area contributed by atoms with E-state index in [1.165, 1.54) is 11.8 Å². The number of halogens is 1. The van der Waals surface area contributed by atoms with Crippen molar-refractivity contribution in [2.75, 3.05) is 0 Å². The van der Waals surface area contributed by atoms with E-state index >= 15 is 0 Å². The summed E-state index contributed by atoms with van der Waals surface area (Å²) in [5, 5.41) is 0.0469. The smallest absolute Gasteiger partial charge is 0.216 e. The Morgan fingerprint density at radius 2 is 1.93 bits per heavy atom. The molecule has 0 N–H and O–H groups in total. The molecule has 0 aliphatic rings. The van der Waals surface area contributed by atoms with E-state index in [4.69, 9.17) is 0 Å². The molecule has 1 rings (SSSR count). The predicted molar refractivity (Wildman–Crippen MR) is 69.6 cm³/mol. The number of carbonyl (C=O) groups is 1. The van der Waals surface area contributed by atoms with Gasteiger partial charge >= 0.3 is 0 Å². The van der Waals surface area contributed by atoms with Crippen LogP contribution in [0, 0.1) is 0 Å². The van der Waals surface area contributed by atoms with Crippen molar-refractivity contribution in [1.82, 2.24) is 0 Å². The number of hydrogen-bond donors (Lipinski definition) is 0. The van der Waals surface area contributed by atoms with Crippen molar-refractivity contribution < 1.29 is 4.79 Å². The summed E-state index contributed by atoms with van der Waals surface area (Å²) in [5.41, 5.74) is 0. The lowest BCUT2D eigenvalue weighted by Crippen LogP contribution is -1.83. The lowest BCUT2D eigenvalue weighted by molar-refractivity contribution is -0.107. The van der Waals surface area contributed by atoms with Crippen molar-refractivity contribution >= 4 is 39.5 Å². The van der Waals surface area contributed by atoms with Crippen LogP contribution in [0.1, 0.15) is 0 Å². The van der Waals surface area contributed by atoms with Crippen LogP contribution in [0.2, 0.25) is 0 Å². The van der Waals surface area contributed by atoms with Gasteiger partial charge in [0, 0.05) is 4.90 Å². The minimum Gasteiger partial charge on any atom is -0.282 e. The van der Waals surface area contributed by atoms with Gasteiger partial charge in [0.25, 0.3) is 0 Å². The third-order valence-electron chi connectivity index (χ3n) is 1.38. The predicted octanol–water partition coefficient (Wildman–Crippen LogP) is 3.81. The van der Waals surface area contributed by atoms with Gasteiger partial charge < -0.3 is 0 Å². The second-order valence-electron chi connectivity index (χ2n) is 2.41. The van der Waals surface area contributed by atoms with Gasteiger partial charge in [0.15, 0.2) is 0 Å². The number of rotatable bonds is 3. The van der Waals surface area contributed by atoms with Gasteiger partial charge in [-0.3, -0.25) is 4.79 Å². The van der Waals surface area contributed by atoms with E-state index < -0.39 is 0 Å². The fourth-order valence-electron chi connectivity index (χ4n) is 0.815. The van der Waals surface area contributed by atoms with Crippen molar-refractivity contribution in [2.45, 2.75) is 4.90 Å². The number of benzene rings is 1. The summed E-state index contributed by atoms with van der Waals surface area (Å²) in [4.78, 5) is 12.3. The molecule has 0 aliphatic heterocycles. The van der Waals surface area contributed by atoms with E-state index in [9.17, 15) is 4.79 Å². The third-order valence-corrected chi connectivity index (χ3v) is 2.64. The molecule has 0 amide bonds. The van der Waals surface area contributed by atoms with Crippen LogP contribution in [0.3, 0.4) is 0 Å². The molecule has 0 spiro atoms. The fourth-order valence-corrected chi connectivity index (χ4v) is 1.73. The molecule has 72 valence electrons. The van der Waals surface area contributed by atoms with Gasteiger partial charge in [0.2, 0.25) is 5.12 Å². The second kappa shape index (κ2) is 6.84. The van der Waals surface area contributed by atoms with Crippen molar-refractivity contribution in [3.8, 4) is 0 Å². The number of thioether (sulfide) groups is 1. The first-order valence-corrected chi connectivity index (χ1v) is 6.09. The maximum atomic E-state index is 11.3. The molecular formula is C11H9IOS. The Kier molecular flexibility index (Phi) is 5.63. The molecule has 1 aromatic carbocycles. The van der Waals surface area contributed by atoms with E-state index in [0.717, 1.165) is 4.90 Å². The van der Waals surface area contributed by atoms with Crippen molar-refractivity contribution in [3.63, 3.8) is 0 Å². The highest BCUT2D eigenvalue weighted by molar-refractivity contribution is 14.1. The van der Waals surface area contributed by atoms with Gasteiger partial charge in [0.1, 0.15) is 0 Å². The zero-order valence-corrected chi connectivity index (χ0v) is 10.4. The Bertz CT molecular complexity index is 344. The molecule has 1 nitrogen and oxygen atoms in total. The Morgan fingerprint density at radius 1 is 1.21 bits per heavy atom. The molecule has 0 atom stereocenters. The minimum absolute atomic E-state index is 0.0469. The van der Waals surface area contributed by atoms with E-state index in [1.54, 1.807) is 12.2 Å². The highest BCUT2D eigenvalue weighted by atomic mass is 127. The molecule has 14 heavy (non-hydrogen) atoms. The monoisotopic (exact) mass is 316 g/mol. The van der Waals surface area contributed by atoms with Gasteiger partial charge in [-0.05, 0) is 34.1 Å². The molecule has 0 bridgehead atoms. The van der Waals surface area contributed by atoms with Crippen LogP contribution in [-0.2, 0) is 4.79 Å². The highest BCUT2D eigenvalue weighted by Crippen LogP contribution is 2.18. The maximum absolute atomic E-state index is 11.3. The minimum atomic E-state index is 0.0469. The van der Waals surface area contributed by atoms with Crippen LogP contribution in [-0.4, -0.2) is 5.12 Å². The van der Waals surface area contributed by atoms with Crippen molar-refractivity contribution in [1.29, 1.82) is 0 Å². The van der Waals surface area contributed by atoms with Gasteiger partial charge in [-0.1, -0.05) is 52.9 Å². The number of hydrogen-bond acceptors (Lipinski definition) is 2. The van der Waals surface area contributed by atoms with Crippen LogP contribution < -0.4 is 0 Å². The summed E-state index contributed by atoms with van der Waals surface area (Å²) in [6.45, 7) is 0. The summed E-state index contributed by atoms with van der Waals surface area (Å²) in [5.74, 6) is 0. The normalized spacial score (nSPS) is 11.2. The largest absolute Gasteiger partial charge is 0.282 e. The van der Waals surface area contributed by atoms with E-state index in [-0.39, 0.29) is 5.12 Å². The van der Waals surface area contributed by atoms with Gasteiger partial charge in [-0.2, -0.15) is 0 Å². The molecule has 3 heteroatoms. The SMILES string of the molecule is O=C(/C=C/C=C/I)Sc1ccccc1. The first kappa shape index (κ1) is 11.5. The van der Waals surface area contributed by atoms with E-state index in [1.807, 2.05) is 40.5 Å².